The maximum Gasteiger partial charge on any atom is 0.309 e. The first-order valence-electron chi connectivity index (χ1n) is 5.28. The number of nitrogens with zero attached hydrogens (tertiary/aromatic N) is 1. The van der Waals surface area contributed by atoms with Crippen molar-refractivity contribution in [3.05, 3.63) is 46.6 Å². The highest BCUT2D eigenvalue weighted by Gasteiger charge is 2.11. The summed E-state index contributed by atoms with van der Waals surface area (Å²) in [5, 5.41) is 11.2. The number of carbonyl (C=O) groups excluding carboxylic acids is 1. The third kappa shape index (κ3) is 3.65. The van der Waals surface area contributed by atoms with Gasteiger partial charge in [-0.2, -0.15) is 0 Å². The molecule has 0 saturated heterocycles. The minimum absolute atomic E-state index is 0.153. The van der Waals surface area contributed by atoms with Gasteiger partial charge in [-0.15, -0.1) is 0 Å². The Morgan fingerprint density at radius 1 is 1.32 bits per heavy atom. The SMILES string of the molecule is O=C(O)Cc1ccc(NC(=O)c2ccc(Br)o2)cn1. The molecule has 0 fully saturated rings. The lowest BCUT2D eigenvalue weighted by atomic mass is 10.2. The van der Waals surface area contributed by atoms with Crippen LogP contribution in [0.2, 0.25) is 0 Å². The molecule has 0 aliphatic heterocycles. The van der Waals surface area contributed by atoms with Gasteiger partial charge < -0.3 is 14.8 Å². The number of anilines is 1. The molecule has 0 bridgehead atoms. The number of nitrogens with one attached hydrogen (secondary N) is 1. The molecule has 0 aromatic carbocycles. The molecule has 0 aliphatic rings. The van der Waals surface area contributed by atoms with Crippen molar-refractivity contribution in [3.63, 3.8) is 0 Å². The van der Waals surface area contributed by atoms with Crippen LogP contribution < -0.4 is 5.32 Å². The van der Waals surface area contributed by atoms with Gasteiger partial charge >= 0.3 is 5.97 Å². The van der Waals surface area contributed by atoms with Crippen LogP contribution in [0.25, 0.3) is 0 Å². The van der Waals surface area contributed by atoms with Gasteiger partial charge in [0.05, 0.1) is 24.0 Å². The molecule has 7 heteroatoms. The van der Waals surface area contributed by atoms with Crippen molar-refractivity contribution in [2.24, 2.45) is 0 Å². The Morgan fingerprint density at radius 3 is 2.63 bits per heavy atom. The quantitative estimate of drug-likeness (QED) is 0.900. The van der Waals surface area contributed by atoms with E-state index in [0.717, 1.165) is 0 Å². The Hall–Kier alpha value is -2.15. The van der Waals surface area contributed by atoms with Crippen LogP contribution in [0.4, 0.5) is 5.69 Å². The van der Waals surface area contributed by atoms with Crippen molar-refractivity contribution in [1.29, 1.82) is 0 Å². The summed E-state index contributed by atoms with van der Waals surface area (Å²) >= 11 is 3.10. The first kappa shape index (κ1) is 13.3. The number of pyridine rings is 1. The van der Waals surface area contributed by atoms with Gasteiger partial charge in [-0.25, -0.2) is 0 Å². The highest BCUT2D eigenvalue weighted by Crippen LogP contribution is 2.15. The van der Waals surface area contributed by atoms with Gasteiger partial charge in [-0.3, -0.25) is 14.6 Å². The van der Waals surface area contributed by atoms with Gasteiger partial charge in [0.15, 0.2) is 10.4 Å². The molecule has 2 heterocycles. The Kier molecular flexibility index (Phi) is 3.96. The third-order valence-corrected chi connectivity index (χ3v) is 2.64. The van der Waals surface area contributed by atoms with E-state index in [9.17, 15) is 9.59 Å². The van der Waals surface area contributed by atoms with E-state index in [0.29, 0.717) is 16.1 Å². The van der Waals surface area contributed by atoms with Crippen LogP contribution in [0, 0.1) is 0 Å². The van der Waals surface area contributed by atoms with Crippen molar-refractivity contribution in [2.45, 2.75) is 6.42 Å². The van der Waals surface area contributed by atoms with Crippen LogP contribution in [0.5, 0.6) is 0 Å². The van der Waals surface area contributed by atoms with Gasteiger partial charge in [0, 0.05) is 0 Å². The normalized spacial score (nSPS) is 10.2. The zero-order chi connectivity index (χ0) is 13.8. The van der Waals surface area contributed by atoms with Crippen LogP contribution in [-0.4, -0.2) is 22.0 Å². The number of amides is 1. The molecule has 0 spiro atoms. The summed E-state index contributed by atoms with van der Waals surface area (Å²) in [6.07, 6.45) is 1.24. The summed E-state index contributed by atoms with van der Waals surface area (Å²) < 4.78 is 5.57. The minimum Gasteiger partial charge on any atom is -0.481 e. The highest BCUT2D eigenvalue weighted by atomic mass is 79.9. The Morgan fingerprint density at radius 2 is 2.11 bits per heavy atom. The predicted molar refractivity (Wildman–Crippen MR) is 69.9 cm³/mol. The fraction of sp³-hybridized carbons (Fsp3) is 0.0833. The van der Waals surface area contributed by atoms with Crippen LogP contribution in [0.3, 0.4) is 0 Å². The van der Waals surface area contributed by atoms with Gasteiger partial charge in [0.2, 0.25) is 0 Å². The number of carbonyl (C=O) groups is 2. The zero-order valence-electron chi connectivity index (χ0n) is 9.59. The first-order valence-corrected chi connectivity index (χ1v) is 6.07. The molecular formula is C12H9BrN2O4. The number of hydrogen-bond donors (Lipinski definition) is 2. The maximum atomic E-state index is 11.7. The van der Waals surface area contributed by atoms with E-state index in [4.69, 9.17) is 9.52 Å². The number of aliphatic carboxylic acids is 1. The summed E-state index contributed by atoms with van der Waals surface area (Å²) in [5.41, 5.74) is 0.887. The van der Waals surface area contributed by atoms with E-state index in [1.165, 1.54) is 12.3 Å². The van der Waals surface area contributed by atoms with E-state index in [-0.39, 0.29) is 12.2 Å². The van der Waals surface area contributed by atoms with Gasteiger partial charge in [0.1, 0.15) is 0 Å². The number of furan rings is 1. The van der Waals surface area contributed by atoms with E-state index >= 15 is 0 Å². The van der Waals surface area contributed by atoms with Crippen molar-refractivity contribution in [2.75, 3.05) is 5.32 Å². The molecule has 0 atom stereocenters. The fourth-order valence-corrected chi connectivity index (χ4v) is 1.69. The van der Waals surface area contributed by atoms with Crippen LogP contribution >= 0.6 is 15.9 Å². The largest absolute Gasteiger partial charge is 0.481 e. The van der Waals surface area contributed by atoms with Crippen molar-refractivity contribution in [3.8, 4) is 0 Å². The number of carboxylic acids is 1. The Balaban J connectivity index is 2.03. The number of rotatable bonds is 4. The molecule has 2 N–H and O–H groups in total. The van der Waals surface area contributed by atoms with E-state index in [1.54, 1.807) is 18.2 Å². The second kappa shape index (κ2) is 5.66. The monoisotopic (exact) mass is 324 g/mol. The average Bonchev–Trinajstić information content (AvgIpc) is 2.78. The van der Waals surface area contributed by atoms with Gasteiger partial charge in [0.25, 0.3) is 5.91 Å². The predicted octanol–water partition coefficient (Wildman–Crippen LogP) is 2.32. The molecule has 2 aromatic rings. The number of halogens is 1. The summed E-state index contributed by atoms with van der Waals surface area (Å²) in [6, 6.07) is 6.28. The van der Waals surface area contributed by atoms with E-state index in [1.807, 2.05) is 0 Å². The number of aromatic nitrogens is 1. The molecule has 6 nitrogen and oxygen atoms in total. The second-order valence-electron chi connectivity index (χ2n) is 3.67. The Bertz CT molecular complexity index is 606. The molecular weight excluding hydrogens is 316 g/mol. The fourth-order valence-electron chi connectivity index (χ4n) is 1.39. The lowest BCUT2D eigenvalue weighted by Crippen LogP contribution is -2.11. The summed E-state index contributed by atoms with van der Waals surface area (Å²) in [5.74, 6) is -1.19. The summed E-state index contributed by atoms with van der Waals surface area (Å²) in [6.45, 7) is 0. The average molecular weight is 325 g/mol. The molecule has 0 aliphatic carbocycles. The van der Waals surface area contributed by atoms with Crippen LogP contribution in [-0.2, 0) is 11.2 Å². The van der Waals surface area contributed by atoms with Gasteiger partial charge in [-0.05, 0) is 40.2 Å². The molecule has 2 aromatic heterocycles. The van der Waals surface area contributed by atoms with Gasteiger partial charge in [-0.1, -0.05) is 0 Å². The molecule has 0 radical (unpaired) electrons. The highest BCUT2D eigenvalue weighted by molar-refractivity contribution is 9.10. The maximum absolute atomic E-state index is 11.7. The smallest absolute Gasteiger partial charge is 0.309 e. The van der Waals surface area contributed by atoms with Crippen molar-refractivity contribution >= 4 is 33.5 Å². The molecule has 19 heavy (non-hydrogen) atoms. The third-order valence-electron chi connectivity index (χ3n) is 2.21. The Labute approximate surface area is 116 Å². The topological polar surface area (TPSA) is 92.4 Å². The molecule has 1 amide bonds. The molecule has 0 saturated carbocycles. The van der Waals surface area contributed by atoms with E-state index in [2.05, 4.69) is 26.2 Å². The second-order valence-corrected chi connectivity index (χ2v) is 4.45. The van der Waals surface area contributed by atoms with Crippen molar-refractivity contribution < 1.29 is 19.1 Å². The summed E-state index contributed by atoms with van der Waals surface area (Å²) in [4.78, 5) is 26.2. The zero-order valence-corrected chi connectivity index (χ0v) is 11.2. The lowest BCUT2D eigenvalue weighted by Gasteiger charge is -2.03. The first-order chi connectivity index (χ1) is 9.04. The van der Waals surface area contributed by atoms with Crippen LogP contribution in [0.1, 0.15) is 16.2 Å². The molecule has 0 unspecified atom stereocenters. The van der Waals surface area contributed by atoms with Crippen LogP contribution in [0.15, 0.2) is 39.5 Å². The summed E-state index contributed by atoms with van der Waals surface area (Å²) in [7, 11) is 0. The number of carboxylic acid groups (broad SMARTS) is 1. The standard InChI is InChI=1S/C12H9BrN2O4/c13-10-4-3-9(19-10)12(18)15-8-2-1-7(14-6-8)5-11(16)17/h1-4,6H,5H2,(H,15,18)(H,16,17). The molecule has 2 rings (SSSR count). The van der Waals surface area contributed by atoms with E-state index < -0.39 is 11.9 Å². The minimum atomic E-state index is -0.954. The van der Waals surface area contributed by atoms with Crippen molar-refractivity contribution in [1.82, 2.24) is 4.98 Å². The number of hydrogen-bond acceptors (Lipinski definition) is 4. The molecule has 98 valence electrons. The lowest BCUT2D eigenvalue weighted by molar-refractivity contribution is -0.136.